The van der Waals surface area contributed by atoms with E-state index in [0.717, 1.165) is 64.2 Å². The molecule has 0 saturated carbocycles. The predicted molar refractivity (Wildman–Crippen MR) is 254 cm³/mol. The fraction of sp³-hybridized carbons (Fsp3) is 1.00. The molecule has 0 amide bonds. The molecule has 0 radical (unpaired) electrons. The number of unbranched alkanes of at least 4 members (excludes halogenated alkanes) is 38. The van der Waals surface area contributed by atoms with Gasteiger partial charge in [0.1, 0.15) is 0 Å². The lowest BCUT2D eigenvalue weighted by atomic mass is 10.0. The molecular formula is C52H106O4S. The van der Waals surface area contributed by atoms with Gasteiger partial charge in [-0.1, -0.05) is 297 Å². The predicted octanol–water partition coefficient (Wildman–Crippen LogP) is 19.0. The Kier molecular flexibility index (Phi) is 46.8. The first-order chi connectivity index (χ1) is 28.0. The Balaban J connectivity index is 4.36. The minimum Gasteiger partial charge on any atom is -0.245 e. The zero-order valence-electron chi connectivity index (χ0n) is 39.7. The molecule has 0 saturated heterocycles. The van der Waals surface area contributed by atoms with Gasteiger partial charge in [0.25, 0.3) is 0 Å². The van der Waals surface area contributed by atoms with Crippen LogP contribution in [0.2, 0.25) is 0 Å². The van der Waals surface area contributed by atoms with Crippen molar-refractivity contribution in [3.05, 3.63) is 0 Å². The van der Waals surface area contributed by atoms with Crippen molar-refractivity contribution in [1.82, 2.24) is 0 Å². The Hall–Kier alpha value is -0.130. The molecule has 0 heterocycles. The van der Waals surface area contributed by atoms with Gasteiger partial charge in [-0.05, 0) is 25.7 Å². The molecule has 0 aliphatic rings. The van der Waals surface area contributed by atoms with E-state index in [1.54, 1.807) is 0 Å². The second-order valence-electron chi connectivity index (χ2n) is 18.4. The van der Waals surface area contributed by atoms with Crippen LogP contribution in [0.3, 0.4) is 0 Å². The summed E-state index contributed by atoms with van der Waals surface area (Å²) in [6, 6.07) is 0. The molecule has 2 atom stereocenters. The molecule has 0 aromatic heterocycles. The van der Waals surface area contributed by atoms with E-state index in [0.29, 0.717) is 0 Å². The summed E-state index contributed by atoms with van der Waals surface area (Å²) < 4.78 is 38.5. The normalized spacial score (nSPS) is 13.1. The summed E-state index contributed by atoms with van der Waals surface area (Å²) in [5, 5.41) is 0. The lowest BCUT2D eigenvalue weighted by Crippen LogP contribution is -2.25. The first-order valence-electron chi connectivity index (χ1n) is 26.6. The van der Waals surface area contributed by atoms with Crippen LogP contribution in [-0.2, 0) is 18.8 Å². The Morgan fingerprint density at radius 2 is 0.386 bits per heavy atom. The lowest BCUT2D eigenvalue weighted by molar-refractivity contribution is 0.101. The summed E-state index contributed by atoms with van der Waals surface area (Å²) in [5.74, 6) is 0. The number of hydrogen-bond acceptors (Lipinski definition) is 4. The average molecular weight is 827 g/mol. The van der Waals surface area contributed by atoms with E-state index in [9.17, 15) is 8.42 Å². The van der Waals surface area contributed by atoms with Crippen LogP contribution < -0.4 is 0 Å². The molecule has 0 aromatic rings. The summed E-state index contributed by atoms with van der Waals surface area (Å²) >= 11 is 0. The fourth-order valence-electron chi connectivity index (χ4n) is 8.63. The molecule has 0 aliphatic carbocycles. The van der Waals surface area contributed by atoms with Crippen LogP contribution in [-0.4, -0.2) is 20.6 Å². The first-order valence-corrected chi connectivity index (χ1v) is 27.9. The van der Waals surface area contributed by atoms with E-state index in [2.05, 4.69) is 27.7 Å². The molecule has 0 bridgehead atoms. The highest BCUT2D eigenvalue weighted by Gasteiger charge is 2.24. The van der Waals surface area contributed by atoms with Crippen molar-refractivity contribution in [2.24, 2.45) is 0 Å². The molecule has 0 aliphatic heterocycles. The van der Waals surface area contributed by atoms with Gasteiger partial charge < -0.3 is 0 Å². The highest BCUT2D eigenvalue weighted by atomic mass is 32.3. The van der Waals surface area contributed by atoms with E-state index < -0.39 is 10.4 Å². The Bertz CT molecular complexity index is 783. The second-order valence-corrected chi connectivity index (χ2v) is 19.6. The topological polar surface area (TPSA) is 52.6 Å². The molecule has 0 fully saturated rings. The molecule has 0 spiro atoms. The van der Waals surface area contributed by atoms with Crippen molar-refractivity contribution in [3.8, 4) is 0 Å². The highest BCUT2D eigenvalue weighted by molar-refractivity contribution is 7.81. The average Bonchev–Trinajstić information content (AvgIpc) is 3.20. The highest BCUT2D eigenvalue weighted by Crippen LogP contribution is 2.23. The Morgan fingerprint density at radius 1 is 0.246 bits per heavy atom. The second kappa shape index (κ2) is 46.9. The van der Waals surface area contributed by atoms with Crippen LogP contribution in [0.25, 0.3) is 0 Å². The van der Waals surface area contributed by atoms with Crippen LogP contribution in [0, 0.1) is 0 Å². The van der Waals surface area contributed by atoms with Crippen LogP contribution in [0.1, 0.15) is 323 Å². The maximum absolute atomic E-state index is 13.3. The van der Waals surface area contributed by atoms with Crippen LogP contribution in [0.5, 0.6) is 0 Å². The van der Waals surface area contributed by atoms with Gasteiger partial charge in [0.05, 0.1) is 12.2 Å². The van der Waals surface area contributed by atoms with E-state index >= 15 is 0 Å². The largest absolute Gasteiger partial charge is 0.400 e. The summed E-state index contributed by atoms with van der Waals surface area (Å²) in [6.07, 6.45) is 58.1. The quantitative estimate of drug-likeness (QED) is 0.0573. The molecule has 4 nitrogen and oxygen atoms in total. The third-order valence-corrected chi connectivity index (χ3v) is 13.5. The maximum atomic E-state index is 13.3. The molecule has 2 unspecified atom stereocenters. The van der Waals surface area contributed by atoms with Gasteiger partial charge in [-0.2, -0.15) is 8.42 Å². The Labute approximate surface area is 361 Å². The van der Waals surface area contributed by atoms with E-state index in [1.807, 2.05) is 0 Å². The summed E-state index contributed by atoms with van der Waals surface area (Å²) in [7, 11) is -4.01. The minimum absolute atomic E-state index is 0.246. The number of hydrogen-bond donors (Lipinski definition) is 0. The van der Waals surface area contributed by atoms with Crippen molar-refractivity contribution in [2.75, 3.05) is 0 Å². The standard InChI is InChI=1S/C52H106O4S/c1-5-9-13-17-19-21-23-25-27-29-31-33-35-37-39-41-45-49-51(47-43-15-11-7-3)55-57(53,54)56-52(48-44-16-12-8-4)50-46-42-40-38-36-34-32-30-28-26-24-22-20-18-14-10-6-2/h51-52H,5-50H2,1-4H3. The van der Waals surface area contributed by atoms with Gasteiger partial charge >= 0.3 is 10.4 Å². The molecule has 0 N–H and O–H groups in total. The van der Waals surface area contributed by atoms with Crippen molar-refractivity contribution in [3.63, 3.8) is 0 Å². The summed E-state index contributed by atoms with van der Waals surface area (Å²) in [4.78, 5) is 0. The first kappa shape index (κ1) is 56.9. The zero-order valence-corrected chi connectivity index (χ0v) is 40.5. The molecule has 5 heteroatoms. The van der Waals surface area contributed by atoms with Gasteiger partial charge in [0, 0.05) is 0 Å². The SMILES string of the molecule is CCCCCCCCCCCCCCCCCCCC(CCCCCC)OS(=O)(=O)OC(CCCCCC)CCCCCCCCCCCCCCCCCCC. The molecular weight excluding hydrogens is 721 g/mol. The minimum atomic E-state index is -4.01. The van der Waals surface area contributed by atoms with Crippen LogP contribution >= 0.6 is 0 Å². The van der Waals surface area contributed by atoms with Gasteiger partial charge in [-0.15, -0.1) is 0 Å². The van der Waals surface area contributed by atoms with Gasteiger partial charge in [-0.25, -0.2) is 8.37 Å². The van der Waals surface area contributed by atoms with E-state index in [1.165, 1.54) is 231 Å². The van der Waals surface area contributed by atoms with Gasteiger partial charge in [-0.3, -0.25) is 0 Å². The van der Waals surface area contributed by atoms with Gasteiger partial charge in [0.2, 0.25) is 0 Å². The smallest absolute Gasteiger partial charge is 0.245 e. The third-order valence-electron chi connectivity index (χ3n) is 12.5. The van der Waals surface area contributed by atoms with E-state index in [-0.39, 0.29) is 12.2 Å². The Morgan fingerprint density at radius 3 is 0.561 bits per heavy atom. The van der Waals surface area contributed by atoms with Gasteiger partial charge in [0.15, 0.2) is 0 Å². The molecule has 0 rings (SSSR count). The summed E-state index contributed by atoms with van der Waals surface area (Å²) in [6.45, 7) is 9.04. The fourth-order valence-corrected chi connectivity index (χ4v) is 9.73. The van der Waals surface area contributed by atoms with Crippen LogP contribution in [0.4, 0.5) is 0 Å². The summed E-state index contributed by atoms with van der Waals surface area (Å²) in [5.41, 5.74) is 0. The number of rotatable bonds is 50. The van der Waals surface area contributed by atoms with Crippen molar-refractivity contribution < 1.29 is 16.8 Å². The lowest BCUT2D eigenvalue weighted by Gasteiger charge is -2.21. The van der Waals surface area contributed by atoms with Crippen LogP contribution in [0.15, 0.2) is 0 Å². The zero-order chi connectivity index (χ0) is 41.6. The van der Waals surface area contributed by atoms with Crippen molar-refractivity contribution in [1.29, 1.82) is 0 Å². The molecule has 57 heavy (non-hydrogen) atoms. The third kappa shape index (κ3) is 45.2. The maximum Gasteiger partial charge on any atom is 0.400 e. The molecule has 0 aromatic carbocycles. The van der Waals surface area contributed by atoms with E-state index in [4.69, 9.17) is 8.37 Å². The monoisotopic (exact) mass is 827 g/mol. The van der Waals surface area contributed by atoms with Crippen molar-refractivity contribution >= 4 is 10.4 Å². The van der Waals surface area contributed by atoms with Crippen molar-refractivity contribution in [2.45, 2.75) is 335 Å². The molecule has 344 valence electrons.